The molecule has 0 amide bonds. The third-order valence-electron chi connectivity index (χ3n) is 2.90. The molecular weight excluding hydrogens is 318 g/mol. The van der Waals surface area contributed by atoms with Gasteiger partial charge < -0.3 is 9.47 Å². The number of hydrogen-bond acceptors (Lipinski definition) is 6. The van der Waals surface area contributed by atoms with E-state index >= 15 is 0 Å². The zero-order valence-electron chi connectivity index (χ0n) is 11.4. The molecule has 0 spiro atoms. The smallest absolute Gasteiger partial charge is 0.241 e. The molecule has 1 atom stereocenters. The minimum Gasteiger partial charge on any atom is -0.493 e. The number of nitrogens with one attached hydrogen (secondary N) is 1. The SMILES string of the molecule is COc1ccc(S(=O)(=O)N[C@H]2C=CS(=O)(=O)C2)cc1OC. The largest absolute Gasteiger partial charge is 0.493 e. The van der Waals surface area contributed by atoms with Gasteiger partial charge in [-0.05, 0) is 12.1 Å². The van der Waals surface area contributed by atoms with Crippen molar-refractivity contribution < 1.29 is 26.3 Å². The number of hydrogen-bond donors (Lipinski definition) is 1. The Hall–Kier alpha value is -1.58. The van der Waals surface area contributed by atoms with E-state index in [2.05, 4.69) is 4.72 Å². The van der Waals surface area contributed by atoms with E-state index in [0.29, 0.717) is 5.75 Å². The number of sulfonamides is 1. The standard InChI is InChI=1S/C12H15NO6S2/c1-18-11-4-3-10(7-12(11)19-2)21(16,17)13-9-5-6-20(14,15)8-9/h3-7,9,13H,8H2,1-2H3/t9-/m0/s1. The maximum atomic E-state index is 12.2. The van der Waals surface area contributed by atoms with E-state index in [-0.39, 0.29) is 16.4 Å². The zero-order chi connectivity index (χ0) is 15.7. The Balaban J connectivity index is 2.26. The van der Waals surface area contributed by atoms with Gasteiger partial charge >= 0.3 is 0 Å². The van der Waals surface area contributed by atoms with Crippen molar-refractivity contribution >= 4 is 19.9 Å². The summed E-state index contributed by atoms with van der Waals surface area (Å²) in [6.07, 6.45) is 1.31. The van der Waals surface area contributed by atoms with Gasteiger partial charge in [0.05, 0.1) is 30.9 Å². The van der Waals surface area contributed by atoms with Crippen molar-refractivity contribution in [3.8, 4) is 11.5 Å². The molecule has 7 nitrogen and oxygen atoms in total. The van der Waals surface area contributed by atoms with Gasteiger partial charge in [-0.3, -0.25) is 0 Å². The lowest BCUT2D eigenvalue weighted by atomic mass is 10.3. The van der Waals surface area contributed by atoms with Crippen LogP contribution in [0, 0.1) is 0 Å². The summed E-state index contributed by atoms with van der Waals surface area (Å²) in [6.45, 7) is 0. The van der Waals surface area contributed by atoms with Gasteiger partial charge in [0.15, 0.2) is 21.3 Å². The van der Waals surface area contributed by atoms with E-state index in [1.54, 1.807) is 0 Å². The van der Waals surface area contributed by atoms with Gasteiger partial charge in [0, 0.05) is 11.5 Å². The Morgan fingerprint density at radius 2 is 1.86 bits per heavy atom. The topological polar surface area (TPSA) is 98.8 Å². The number of rotatable bonds is 5. The quantitative estimate of drug-likeness (QED) is 0.832. The lowest BCUT2D eigenvalue weighted by Crippen LogP contribution is -2.35. The van der Waals surface area contributed by atoms with Crippen molar-refractivity contribution in [3.63, 3.8) is 0 Å². The predicted molar refractivity (Wildman–Crippen MR) is 76.6 cm³/mol. The van der Waals surface area contributed by atoms with Crippen molar-refractivity contribution in [3.05, 3.63) is 29.7 Å². The molecule has 0 radical (unpaired) electrons. The minimum absolute atomic E-state index is 0.0298. The molecule has 1 N–H and O–H groups in total. The summed E-state index contributed by atoms with van der Waals surface area (Å²) in [5.74, 6) is 0.397. The molecule has 1 aliphatic heterocycles. The van der Waals surface area contributed by atoms with Crippen LogP contribution >= 0.6 is 0 Å². The molecule has 0 saturated carbocycles. The van der Waals surface area contributed by atoms with E-state index in [9.17, 15) is 16.8 Å². The van der Waals surface area contributed by atoms with E-state index in [1.807, 2.05) is 0 Å². The van der Waals surface area contributed by atoms with Crippen LogP contribution in [0.4, 0.5) is 0 Å². The highest BCUT2D eigenvalue weighted by Crippen LogP contribution is 2.29. The van der Waals surface area contributed by atoms with E-state index < -0.39 is 25.9 Å². The van der Waals surface area contributed by atoms with Crippen LogP contribution in [0.15, 0.2) is 34.6 Å². The normalized spacial score (nSPS) is 20.4. The van der Waals surface area contributed by atoms with Crippen molar-refractivity contribution in [1.29, 1.82) is 0 Å². The third kappa shape index (κ3) is 3.55. The number of ether oxygens (including phenoxy) is 2. The molecule has 1 aromatic rings. The lowest BCUT2D eigenvalue weighted by Gasteiger charge is -2.13. The van der Waals surface area contributed by atoms with Crippen molar-refractivity contribution in [2.75, 3.05) is 20.0 Å². The van der Waals surface area contributed by atoms with Crippen LogP contribution in [0.3, 0.4) is 0 Å². The first kappa shape index (κ1) is 15.8. The Bertz CT molecular complexity index is 767. The van der Waals surface area contributed by atoms with Crippen LogP contribution in [0.1, 0.15) is 0 Å². The first-order valence-corrected chi connectivity index (χ1v) is 9.12. The number of sulfone groups is 1. The van der Waals surface area contributed by atoms with Crippen LogP contribution in [0.5, 0.6) is 11.5 Å². The number of benzene rings is 1. The van der Waals surface area contributed by atoms with Crippen LogP contribution in [0.2, 0.25) is 0 Å². The molecule has 1 heterocycles. The summed E-state index contributed by atoms with van der Waals surface area (Å²) in [5, 5.41) is 1.01. The fourth-order valence-electron chi connectivity index (χ4n) is 1.90. The van der Waals surface area contributed by atoms with Crippen LogP contribution < -0.4 is 14.2 Å². The summed E-state index contributed by atoms with van der Waals surface area (Å²) < 4.78 is 59.4. The highest BCUT2D eigenvalue weighted by Gasteiger charge is 2.27. The first-order chi connectivity index (χ1) is 9.77. The van der Waals surface area contributed by atoms with Crippen LogP contribution in [-0.4, -0.2) is 42.8 Å². The van der Waals surface area contributed by atoms with E-state index in [0.717, 1.165) is 5.41 Å². The van der Waals surface area contributed by atoms with E-state index in [4.69, 9.17) is 9.47 Å². The van der Waals surface area contributed by atoms with Crippen molar-refractivity contribution in [2.24, 2.45) is 0 Å². The second kappa shape index (κ2) is 5.66. The molecule has 0 unspecified atom stereocenters. The van der Waals surface area contributed by atoms with Gasteiger partial charge in [-0.25, -0.2) is 21.6 Å². The second-order valence-electron chi connectivity index (χ2n) is 4.40. The van der Waals surface area contributed by atoms with Crippen molar-refractivity contribution in [1.82, 2.24) is 4.72 Å². The van der Waals surface area contributed by atoms with E-state index in [1.165, 1.54) is 38.5 Å². The van der Waals surface area contributed by atoms with Gasteiger partial charge in [-0.15, -0.1) is 0 Å². The first-order valence-electron chi connectivity index (χ1n) is 5.93. The molecular formula is C12H15NO6S2. The summed E-state index contributed by atoms with van der Waals surface area (Å²) in [5.41, 5.74) is 0. The summed E-state index contributed by atoms with van der Waals surface area (Å²) in [6, 6.07) is 3.37. The molecule has 0 aromatic heterocycles. The molecule has 9 heteroatoms. The fourth-order valence-corrected chi connectivity index (χ4v) is 4.45. The molecule has 21 heavy (non-hydrogen) atoms. The van der Waals surface area contributed by atoms with Crippen LogP contribution in [0.25, 0.3) is 0 Å². The minimum atomic E-state index is -3.85. The monoisotopic (exact) mass is 333 g/mol. The van der Waals surface area contributed by atoms with Gasteiger partial charge in [0.2, 0.25) is 10.0 Å². The average molecular weight is 333 g/mol. The summed E-state index contributed by atoms with van der Waals surface area (Å²) in [7, 11) is -4.34. The third-order valence-corrected chi connectivity index (χ3v) is 5.79. The summed E-state index contributed by atoms with van der Waals surface area (Å²) >= 11 is 0. The highest BCUT2D eigenvalue weighted by molar-refractivity contribution is 7.94. The molecule has 0 fully saturated rings. The van der Waals surface area contributed by atoms with Gasteiger partial charge in [-0.1, -0.05) is 6.08 Å². The van der Waals surface area contributed by atoms with Crippen LogP contribution in [-0.2, 0) is 19.9 Å². The average Bonchev–Trinajstić information content (AvgIpc) is 2.76. The summed E-state index contributed by atoms with van der Waals surface area (Å²) in [4.78, 5) is -0.0298. The second-order valence-corrected chi connectivity index (χ2v) is 8.05. The fraction of sp³-hybridized carbons (Fsp3) is 0.333. The highest BCUT2D eigenvalue weighted by atomic mass is 32.2. The van der Waals surface area contributed by atoms with Crippen molar-refractivity contribution in [2.45, 2.75) is 10.9 Å². The zero-order valence-corrected chi connectivity index (χ0v) is 13.1. The molecule has 1 aromatic carbocycles. The molecule has 0 saturated heterocycles. The van der Waals surface area contributed by atoms with Gasteiger partial charge in [-0.2, -0.15) is 0 Å². The predicted octanol–water partition coefficient (Wildman–Crippen LogP) is 0.293. The van der Waals surface area contributed by atoms with Gasteiger partial charge in [0.1, 0.15) is 0 Å². The Morgan fingerprint density at radius 3 is 2.38 bits per heavy atom. The Labute approximate surface area is 123 Å². The molecule has 0 bridgehead atoms. The maximum Gasteiger partial charge on any atom is 0.241 e. The molecule has 116 valence electrons. The number of methoxy groups -OCH3 is 2. The Kier molecular flexibility index (Phi) is 4.26. The van der Waals surface area contributed by atoms with Gasteiger partial charge in [0.25, 0.3) is 0 Å². The molecule has 1 aliphatic rings. The molecule has 2 rings (SSSR count). The lowest BCUT2D eigenvalue weighted by molar-refractivity contribution is 0.354. The maximum absolute atomic E-state index is 12.2. The Morgan fingerprint density at radius 1 is 1.19 bits per heavy atom. The molecule has 0 aliphatic carbocycles.